The van der Waals surface area contributed by atoms with Gasteiger partial charge >= 0.3 is 12.3 Å². The molecule has 0 radical (unpaired) electrons. The molecule has 10 nitrogen and oxygen atoms in total. The molecule has 0 atom stereocenters. The summed E-state index contributed by atoms with van der Waals surface area (Å²) in [6.07, 6.45) is -3.67. The average molecular weight is 295 g/mol. The van der Waals surface area contributed by atoms with Crippen LogP contribution in [0.3, 0.4) is 0 Å². The smallest absolute Gasteiger partial charge is 0.503 e. The van der Waals surface area contributed by atoms with E-state index < -0.39 is 12.3 Å². The predicted molar refractivity (Wildman–Crippen MR) is 42.4 cm³/mol. The van der Waals surface area contributed by atoms with Crippen molar-refractivity contribution in [1.29, 1.82) is 0 Å². The van der Waals surface area contributed by atoms with E-state index >= 15 is 0 Å². The van der Waals surface area contributed by atoms with E-state index in [-0.39, 0.29) is 45.0 Å². The van der Waals surface area contributed by atoms with Crippen molar-refractivity contribution in [3.05, 3.63) is 24.6 Å². The third-order valence-electron chi connectivity index (χ3n) is 0. The summed E-state index contributed by atoms with van der Waals surface area (Å²) in [7, 11) is 0. The van der Waals surface area contributed by atoms with Gasteiger partial charge in [0.05, 0.1) is 0 Å². The Morgan fingerprint density at radius 2 is 0.615 bits per heavy atom. The molecule has 0 fully saturated rings. The van der Waals surface area contributed by atoms with Crippen LogP contribution in [0.2, 0.25) is 0 Å². The summed E-state index contributed by atoms with van der Waals surface area (Å²) >= 11 is 0. The van der Waals surface area contributed by atoms with E-state index in [4.69, 9.17) is 30.0 Å². The molecule has 0 saturated heterocycles. The molecule has 0 spiro atoms. The van der Waals surface area contributed by atoms with Crippen LogP contribution in [0.25, 0.3) is 24.6 Å². The maximum atomic E-state index is 8.56. The van der Waals surface area contributed by atoms with Crippen LogP contribution in [-0.2, 0) is 20.4 Å². The predicted octanol–water partition coefficient (Wildman–Crippen LogP) is 3.31. The first-order chi connectivity index (χ1) is 3.46. The molecule has 0 unspecified atom stereocenters. The molecule has 0 amide bonds. The van der Waals surface area contributed by atoms with Crippen molar-refractivity contribution in [2.24, 2.45) is 0 Å². The number of carbonyl (C=O) groups is 2. The van der Waals surface area contributed by atoms with Crippen LogP contribution in [0.5, 0.6) is 0 Å². The summed E-state index contributed by atoms with van der Waals surface area (Å²) in [5, 5.41) is 27.9. The Morgan fingerprint density at radius 3 is 0.615 bits per heavy atom. The van der Waals surface area contributed by atoms with E-state index in [1.54, 1.807) is 0 Å². The van der Waals surface area contributed by atoms with Gasteiger partial charge in [-0.2, -0.15) is 0 Å². The Morgan fingerprint density at radius 1 is 0.615 bits per heavy atom. The second-order valence-electron chi connectivity index (χ2n) is 0.565. The molecule has 90 valence electrons. The van der Waals surface area contributed by atoms with Crippen LogP contribution in [0.15, 0.2) is 0 Å². The normalized spacial score (nSPS) is 3.69. The second-order valence-corrected chi connectivity index (χ2v) is 0.565. The number of carboxylic acid groups (broad SMARTS) is 4. The zero-order valence-corrected chi connectivity index (χ0v) is 7.79. The molecule has 11 heteroatoms. The maximum absolute atomic E-state index is 8.56. The summed E-state index contributed by atoms with van der Waals surface area (Å²) in [5.41, 5.74) is 0. The molecular formula is C2H12N4O6Pd-4. The SMILES string of the molecule is O=C(O)O.O=C(O)O.[NH2-].[NH2-].[NH2-].[NH2-].[Pd]. The molecule has 0 bridgehead atoms. The molecule has 0 rings (SSSR count). The van der Waals surface area contributed by atoms with Gasteiger partial charge in [-0.05, 0) is 0 Å². The van der Waals surface area contributed by atoms with Gasteiger partial charge in [0.15, 0.2) is 0 Å². The van der Waals surface area contributed by atoms with Crippen molar-refractivity contribution >= 4 is 12.3 Å². The van der Waals surface area contributed by atoms with Gasteiger partial charge < -0.3 is 45.0 Å². The van der Waals surface area contributed by atoms with E-state index in [2.05, 4.69) is 0 Å². The minimum absolute atomic E-state index is 0. The van der Waals surface area contributed by atoms with E-state index in [1.807, 2.05) is 0 Å². The summed E-state index contributed by atoms with van der Waals surface area (Å²) < 4.78 is 0. The maximum Gasteiger partial charge on any atom is 0.503 e. The molecule has 0 aromatic heterocycles. The van der Waals surface area contributed by atoms with E-state index in [9.17, 15) is 0 Å². The number of hydrogen-bond donors (Lipinski definition) is 4. The monoisotopic (exact) mass is 294 g/mol. The quantitative estimate of drug-likeness (QED) is 0.486. The summed E-state index contributed by atoms with van der Waals surface area (Å²) in [4.78, 5) is 17.1. The molecule has 0 aliphatic rings. The van der Waals surface area contributed by atoms with Crippen molar-refractivity contribution in [1.82, 2.24) is 0 Å². The minimum atomic E-state index is -1.83. The van der Waals surface area contributed by atoms with Crippen molar-refractivity contribution in [2.45, 2.75) is 0 Å². The Labute approximate surface area is 87.9 Å². The fourth-order valence-corrected chi connectivity index (χ4v) is 0. The van der Waals surface area contributed by atoms with Crippen LogP contribution < -0.4 is 0 Å². The molecule has 0 aromatic carbocycles. The largest absolute Gasteiger partial charge is 0.693 e. The summed E-state index contributed by atoms with van der Waals surface area (Å²) in [6.45, 7) is 0. The summed E-state index contributed by atoms with van der Waals surface area (Å²) in [5.74, 6) is 0. The average Bonchev–Trinajstić information content (AvgIpc) is 1.25. The van der Waals surface area contributed by atoms with Crippen molar-refractivity contribution in [3.8, 4) is 0 Å². The molecule has 13 heavy (non-hydrogen) atoms. The van der Waals surface area contributed by atoms with Gasteiger partial charge in [-0.15, -0.1) is 0 Å². The van der Waals surface area contributed by atoms with Gasteiger partial charge in [0.2, 0.25) is 0 Å². The Balaban J connectivity index is -0.00000000800. The zero-order valence-electron chi connectivity index (χ0n) is 6.23. The van der Waals surface area contributed by atoms with Gasteiger partial charge in [0.25, 0.3) is 0 Å². The minimum Gasteiger partial charge on any atom is -0.693 e. The Hall–Kier alpha value is -0.958. The third-order valence-corrected chi connectivity index (χ3v) is 0. The first kappa shape index (κ1) is 57.8. The van der Waals surface area contributed by atoms with E-state index in [0.717, 1.165) is 0 Å². The molecule has 0 aliphatic carbocycles. The number of hydrogen-bond acceptors (Lipinski definition) is 2. The van der Waals surface area contributed by atoms with Crippen LogP contribution in [0, 0.1) is 0 Å². The second kappa shape index (κ2) is 43.8. The van der Waals surface area contributed by atoms with Crippen LogP contribution in [0.1, 0.15) is 0 Å². The molecule has 0 aliphatic heterocycles. The summed E-state index contributed by atoms with van der Waals surface area (Å²) in [6, 6.07) is 0. The Kier molecular flexibility index (Phi) is 195. The third kappa shape index (κ3) is 984. The van der Waals surface area contributed by atoms with E-state index in [0.29, 0.717) is 0 Å². The van der Waals surface area contributed by atoms with E-state index in [1.165, 1.54) is 0 Å². The van der Waals surface area contributed by atoms with Crippen LogP contribution in [0.4, 0.5) is 9.59 Å². The fourth-order valence-electron chi connectivity index (χ4n) is 0. The van der Waals surface area contributed by atoms with Gasteiger partial charge in [-0.1, -0.05) is 0 Å². The van der Waals surface area contributed by atoms with Gasteiger partial charge in [-0.3, -0.25) is 0 Å². The standard InChI is InChI=1S/2CH2O3.4H2N.Pd/c2*2-1(3)4;;;;;/h2*(H2,2,3,4);4*1H2;/q;;4*-1;. The molecule has 0 saturated carbocycles. The van der Waals surface area contributed by atoms with Crippen molar-refractivity contribution in [2.75, 3.05) is 0 Å². The molecular weight excluding hydrogens is 282 g/mol. The zero-order chi connectivity index (χ0) is 7.15. The molecule has 0 aromatic rings. The van der Waals surface area contributed by atoms with Crippen molar-refractivity contribution in [3.63, 3.8) is 0 Å². The first-order valence-electron chi connectivity index (χ1n) is 1.30. The molecule has 12 N–H and O–H groups in total. The Bertz CT molecular complexity index is 80.6. The van der Waals surface area contributed by atoms with Gasteiger partial charge in [0, 0.05) is 20.4 Å². The van der Waals surface area contributed by atoms with Crippen molar-refractivity contribution < 1.29 is 50.4 Å². The molecule has 0 heterocycles. The number of rotatable bonds is 0. The van der Waals surface area contributed by atoms with Crippen LogP contribution in [-0.4, -0.2) is 32.7 Å². The van der Waals surface area contributed by atoms with Gasteiger partial charge in [-0.25, -0.2) is 9.59 Å². The fraction of sp³-hybridized carbons (Fsp3) is 0. The van der Waals surface area contributed by atoms with Gasteiger partial charge in [0.1, 0.15) is 0 Å². The number of nitrogens with two attached hydrogens (primary N) is 4. The topological polar surface area (TPSA) is 249 Å². The van der Waals surface area contributed by atoms with Crippen LogP contribution >= 0.6 is 0 Å². The first-order valence-corrected chi connectivity index (χ1v) is 1.30.